The van der Waals surface area contributed by atoms with Crippen molar-refractivity contribution in [2.75, 3.05) is 6.54 Å². The van der Waals surface area contributed by atoms with E-state index in [1.54, 1.807) is 4.90 Å². The van der Waals surface area contributed by atoms with Gasteiger partial charge in [-0.1, -0.05) is 12.8 Å². The molecule has 0 aromatic carbocycles. The standard InChI is InChI=1S/C15H26N2O3/c1-15(2,3)20-14(19)17-10-6-9-12(17)13(18)16-11-7-4-5-8-11/h11-12H,4-10H2,1-3H3,(H,16,18)/t12-/m1/s1. The topological polar surface area (TPSA) is 58.6 Å². The minimum atomic E-state index is -0.522. The Bertz CT molecular complexity index is 370. The highest BCUT2D eigenvalue weighted by molar-refractivity contribution is 5.86. The van der Waals surface area contributed by atoms with Crippen LogP contribution in [0.15, 0.2) is 0 Å². The first-order chi connectivity index (χ1) is 9.37. The van der Waals surface area contributed by atoms with Crippen LogP contribution in [0.4, 0.5) is 4.79 Å². The van der Waals surface area contributed by atoms with Gasteiger partial charge in [-0.3, -0.25) is 9.69 Å². The average molecular weight is 282 g/mol. The molecule has 1 N–H and O–H groups in total. The third-order valence-corrected chi connectivity index (χ3v) is 3.89. The van der Waals surface area contributed by atoms with E-state index in [4.69, 9.17) is 4.74 Å². The van der Waals surface area contributed by atoms with Crippen LogP contribution in [0.2, 0.25) is 0 Å². The third-order valence-electron chi connectivity index (χ3n) is 3.89. The highest BCUT2D eigenvalue weighted by atomic mass is 16.6. The second kappa shape index (κ2) is 6.02. The molecule has 0 bridgehead atoms. The van der Waals surface area contributed by atoms with Gasteiger partial charge in [0, 0.05) is 12.6 Å². The fourth-order valence-electron chi connectivity index (χ4n) is 2.95. The van der Waals surface area contributed by atoms with Crippen molar-refractivity contribution in [2.45, 2.75) is 77.0 Å². The summed E-state index contributed by atoms with van der Waals surface area (Å²) in [6.45, 7) is 6.13. The lowest BCUT2D eigenvalue weighted by Gasteiger charge is -2.28. The molecule has 2 amide bonds. The van der Waals surface area contributed by atoms with Gasteiger partial charge in [-0.05, 0) is 46.5 Å². The molecular weight excluding hydrogens is 256 g/mol. The van der Waals surface area contributed by atoms with Gasteiger partial charge in [0.2, 0.25) is 5.91 Å². The Hall–Kier alpha value is -1.26. The summed E-state index contributed by atoms with van der Waals surface area (Å²) < 4.78 is 5.38. The van der Waals surface area contributed by atoms with Crippen molar-refractivity contribution in [2.24, 2.45) is 0 Å². The van der Waals surface area contributed by atoms with E-state index in [1.165, 1.54) is 12.8 Å². The molecule has 20 heavy (non-hydrogen) atoms. The number of nitrogens with zero attached hydrogens (tertiary/aromatic N) is 1. The summed E-state index contributed by atoms with van der Waals surface area (Å²) >= 11 is 0. The fourth-order valence-corrected chi connectivity index (χ4v) is 2.95. The fraction of sp³-hybridized carbons (Fsp3) is 0.867. The van der Waals surface area contributed by atoms with Gasteiger partial charge in [0.05, 0.1) is 0 Å². The molecule has 2 aliphatic rings. The van der Waals surface area contributed by atoms with Crippen molar-refractivity contribution in [1.82, 2.24) is 10.2 Å². The molecule has 0 aromatic heterocycles. The van der Waals surface area contributed by atoms with E-state index in [-0.39, 0.29) is 18.0 Å². The number of nitrogens with one attached hydrogen (secondary N) is 1. The van der Waals surface area contributed by atoms with Gasteiger partial charge < -0.3 is 10.1 Å². The first-order valence-corrected chi connectivity index (χ1v) is 7.67. The third kappa shape index (κ3) is 3.87. The Kier molecular flexibility index (Phi) is 4.55. The zero-order chi connectivity index (χ0) is 14.8. The molecular formula is C15H26N2O3. The van der Waals surface area contributed by atoms with Crippen molar-refractivity contribution in [3.63, 3.8) is 0 Å². The predicted molar refractivity (Wildman–Crippen MR) is 76.4 cm³/mol. The van der Waals surface area contributed by atoms with Gasteiger partial charge in [-0.2, -0.15) is 0 Å². The zero-order valence-corrected chi connectivity index (χ0v) is 12.8. The molecule has 1 heterocycles. The summed E-state index contributed by atoms with van der Waals surface area (Å²) in [5.41, 5.74) is -0.522. The summed E-state index contributed by atoms with van der Waals surface area (Å²) in [7, 11) is 0. The van der Waals surface area contributed by atoms with E-state index in [9.17, 15) is 9.59 Å². The molecule has 0 spiro atoms. The maximum absolute atomic E-state index is 12.3. The first-order valence-electron chi connectivity index (χ1n) is 7.67. The van der Waals surface area contributed by atoms with Gasteiger partial charge in [-0.25, -0.2) is 4.79 Å². The van der Waals surface area contributed by atoms with Crippen LogP contribution in [0.5, 0.6) is 0 Å². The van der Waals surface area contributed by atoms with E-state index in [0.29, 0.717) is 12.6 Å². The molecule has 0 radical (unpaired) electrons. The molecule has 5 nitrogen and oxygen atoms in total. The zero-order valence-electron chi connectivity index (χ0n) is 12.8. The minimum Gasteiger partial charge on any atom is -0.444 e. The minimum absolute atomic E-state index is 0.0136. The van der Waals surface area contributed by atoms with Crippen molar-refractivity contribution in [3.8, 4) is 0 Å². The van der Waals surface area contributed by atoms with Gasteiger partial charge in [0.1, 0.15) is 11.6 Å². The lowest BCUT2D eigenvalue weighted by molar-refractivity contribution is -0.126. The van der Waals surface area contributed by atoms with Crippen molar-refractivity contribution >= 4 is 12.0 Å². The second-order valence-corrected chi connectivity index (χ2v) is 6.82. The SMILES string of the molecule is CC(C)(C)OC(=O)N1CCC[C@@H]1C(=O)NC1CCCC1. The van der Waals surface area contributed by atoms with Crippen LogP contribution in [0, 0.1) is 0 Å². The molecule has 2 rings (SSSR count). The maximum atomic E-state index is 12.3. The molecule has 1 saturated carbocycles. The lowest BCUT2D eigenvalue weighted by atomic mass is 10.1. The van der Waals surface area contributed by atoms with Crippen molar-refractivity contribution in [3.05, 3.63) is 0 Å². The summed E-state index contributed by atoms with van der Waals surface area (Å²) in [6.07, 6.45) is 5.72. The van der Waals surface area contributed by atoms with Crippen LogP contribution in [-0.4, -0.2) is 41.1 Å². The summed E-state index contributed by atoms with van der Waals surface area (Å²) in [5.74, 6) is -0.0136. The monoisotopic (exact) mass is 282 g/mol. The number of rotatable bonds is 2. The molecule has 1 aliphatic carbocycles. The van der Waals surface area contributed by atoms with Crippen LogP contribution in [-0.2, 0) is 9.53 Å². The van der Waals surface area contributed by atoms with Gasteiger partial charge in [0.15, 0.2) is 0 Å². The van der Waals surface area contributed by atoms with Crippen LogP contribution in [0.1, 0.15) is 59.3 Å². The smallest absolute Gasteiger partial charge is 0.410 e. The van der Waals surface area contributed by atoms with Crippen molar-refractivity contribution < 1.29 is 14.3 Å². The number of hydrogen-bond donors (Lipinski definition) is 1. The Balaban J connectivity index is 1.92. The molecule has 1 atom stereocenters. The molecule has 1 aliphatic heterocycles. The first kappa shape index (κ1) is 15.1. The molecule has 0 unspecified atom stereocenters. The van der Waals surface area contributed by atoms with Gasteiger partial charge >= 0.3 is 6.09 Å². The highest BCUT2D eigenvalue weighted by Crippen LogP contribution is 2.23. The summed E-state index contributed by atoms with van der Waals surface area (Å²) in [6, 6.07) is -0.0611. The van der Waals surface area contributed by atoms with Crippen LogP contribution < -0.4 is 5.32 Å². The number of ether oxygens (including phenoxy) is 1. The van der Waals surface area contributed by atoms with Gasteiger partial charge in [0.25, 0.3) is 0 Å². The van der Waals surface area contributed by atoms with Crippen molar-refractivity contribution in [1.29, 1.82) is 0 Å². The van der Waals surface area contributed by atoms with E-state index in [1.807, 2.05) is 20.8 Å². The summed E-state index contributed by atoms with van der Waals surface area (Å²) in [5, 5.41) is 3.08. The molecule has 2 fully saturated rings. The highest BCUT2D eigenvalue weighted by Gasteiger charge is 2.37. The predicted octanol–water partition coefficient (Wildman–Crippen LogP) is 2.44. The quantitative estimate of drug-likeness (QED) is 0.846. The Morgan fingerprint density at radius 3 is 2.35 bits per heavy atom. The molecule has 0 aromatic rings. The van der Waals surface area contributed by atoms with Crippen LogP contribution in [0.3, 0.4) is 0 Å². The van der Waals surface area contributed by atoms with E-state index >= 15 is 0 Å². The van der Waals surface area contributed by atoms with E-state index in [0.717, 1.165) is 25.7 Å². The summed E-state index contributed by atoms with van der Waals surface area (Å²) in [4.78, 5) is 26.0. The lowest BCUT2D eigenvalue weighted by Crippen LogP contribution is -2.49. The number of amides is 2. The average Bonchev–Trinajstić information content (AvgIpc) is 2.96. The van der Waals surface area contributed by atoms with Crippen LogP contribution in [0.25, 0.3) is 0 Å². The van der Waals surface area contributed by atoms with E-state index < -0.39 is 5.60 Å². The number of carbonyl (C=O) groups excluding carboxylic acids is 2. The largest absolute Gasteiger partial charge is 0.444 e. The van der Waals surface area contributed by atoms with E-state index in [2.05, 4.69) is 5.32 Å². The van der Waals surface area contributed by atoms with Crippen LogP contribution >= 0.6 is 0 Å². The molecule has 5 heteroatoms. The number of carbonyl (C=O) groups is 2. The number of likely N-dealkylation sites (tertiary alicyclic amines) is 1. The maximum Gasteiger partial charge on any atom is 0.410 e. The number of hydrogen-bond acceptors (Lipinski definition) is 3. The molecule has 114 valence electrons. The normalized spacial score (nSPS) is 23.9. The Morgan fingerprint density at radius 1 is 1.10 bits per heavy atom. The molecule has 1 saturated heterocycles. The Morgan fingerprint density at radius 2 is 1.75 bits per heavy atom. The Labute approximate surface area is 121 Å². The van der Waals surface area contributed by atoms with Gasteiger partial charge in [-0.15, -0.1) is 0 Å². The second-order valence-electron chi connectivity index (χ2n) is 6.82.